The molecule has 2 aromatic rings. The topological polar surface area (TPSA) is 29.1 Å². The van der Waals surface area contributed by atoms with Crippen molar-refractivity contribution >= 4 is 5.91 Å². The van der Waals surface area contributed by atoms with Crippen molar-refractivity contribution in [2.75, 3.05) is 0 Å². The van der Waals surface area contributed by atoms with Crippen LogP contribution >= 0.6 is 0 Å². The van der Waals surface area contributed by atoms with Crippen molar-refractivity contribution in [3.63, 3.8) is 0 Å². The molecule has 1 unspecified atom stereocenters. The van der Waals surface area contributed by atoms with Crippen LogP contribution in [-0.2, 0) is 4.79 Å². The normalized spacial score (nSPS) is 12.2. The van der Waals surface area contributed by atoms with Crippen LogP contribution in [0.5, 0.6) is 0 Å². The van der Waals surface area contributed by atoms with Crippen molar-refractivity contribution in [1.82, 2.24) is 5.32 Å². The van der Waals surface area contributed by atoms with E-state index in [0.717, 1.165) is 11.1 Å². The molecule has 0 aromatic heterocycles. The Morgan fingerprint density at radius 2 is 1.45 bits per heavy atom. The Morgan fingerprint density at radius 3 is 2.00 bits per heavy atom. The van der Waals surface area contributed by atoms with Crippen LogP contribution < -0.4 is 5.32 Å². The highest BCUT2D eigenvalue weighted by atomic mass is 16.1. The smallest absolute Gasteiger partial charge is 0.223 e. The van der Waals surface area contributed by atoms with Crippen LogP contribution in [0.25, 0.3) is 0 Å². The molecule has 0 saturated heterocycles. The summed E-state index contributed by atoms with van der Waals surface area (Å²) in [6.45, 7) is 5.88. The summed E-state index contributed by atoms with van der Waals surface area (Å²) in [5.41, 5.74) is 3.43. The Hall–Kier alpha value is -2.09. The first-order valence-corrected chi connectivity index (χ1v) is 7.00. The number of aryl methyl sites for hydroxylation is 1. The number of amides is 1. The number of carbonyl (C=O) groups is 1. The summed E-state index contributed by atoms with van der Waals surface area (Å²) >= 11 is 0. The molecule has 0 aliphatic carbocycles. The summed E-state index contributed by atoms with van der Waals surface area (Å²) in [4.78, 5) is 12.1. The lowest BCUT2D eigenvalue weighted by Gasteiger charge is -2.21. The van der Waals surface area contributed by atoms with Gasteiger partial charge in [-0.05, 0) is 18.1 Å². The minimum atomic E-state index is -0.0910. The summed E-state index contributed by atoms with van der Waals surface area (Å²) in [5, 5.41) is 3.13. The van der Waals surface area contributed by atoms with Crippen LogP contribution in [0.4, 0.5) is 0 Å². The van der Waals surface area contributed by atoms with E-state index in [4.69, 9.17) is 0 Å². The summed E-state index contributed by atoms with van der Waals surface area (Å²) < 4.78 is 0. The van der Waals surface area contributed by atoms with Gasteiger partial charge in [-0.15, -0.1) is 0 Å². The van der Waals surface area contributed by atoms with Gasteiger partial charge in [0.05, 0.1) is 6.04 Å². The van der Waals surface area contributed by atoms with Crippen molar-refractivity contribution in [2.45, 2.75) is 26.8 Å². The molecule has 2 rings (SSSR count). The maximum atomic E-state index is 12.1. The lowest BCUT2D eigenvalue weighted by atomic mass is 9.97. The fraction of sp³-hybridized carbons (Fsp3) is 0.278. The standard InChI is InChI=1S/C18H21NO/c1-13(2)18(20)19-17(15-7-5-4-6-8-15)16-11-9-14(3)10-12-16/h4-13,17H,1-3H3,(H,19,20). The molecule has 0 bridgehead atoms. The number of hydrogen-bond donors (Lipinski definition) is 1. The van der Waals surface area contributed by atoms with Crippen LogP contribution in [0.3, 0.4) is 0 Å². The average molecular weight is 267 g/mol. The number of hydrogen-bond acceptors (Lipinski definition) is 1. The van der Waals surface area contributed by atoms with E-state index in [1.54, 1.807) is 0 Å². The second kappa shape index (κ2) is 6.38. The summed E-state index contributed by atoms with van der Waals surface area (Å²) in [7, 11) is 0. The zero-order chi connectivity index (χ0) is 14.5. The lowest BCUT2D eigenvalue weighted by molar-refractivity contribution is -0.124. The van der Waals surface area contributed by atoms with E-state index >= 15 is 0 Å². The van der Waals surface area contributed by atoms with Gasteiger partial charge in [-0.1, -0.05) is 74.0 Å². The zero-order valence-electron chi connectivity index (χ0n) is 12.3. The molecule has 0 aliphatic rings. The molecular weight excluding hydrogens is 246 g/mol. The van der Waals surface area contributed by atoms with E-state index in [0.29, 0.717) is 0 Å². The SMILES string of the molecule is Cc1ccc(C(NC(=O)C(C)C)c2ccccc2)cc1. The molecule has 0 heterocycles. The molecule has 0 radical (unpaired) electrons. The Bertz CT molecular complexity index is 558. The highest BCUT2D eigenvalue weighted by molar-refractivity contribution is 5.78. The molecule has 0 spiro atoms. The van der Waals surface area contributed by atoms with Crippen molar-refractivity contribution in [3.05, 3.63) is 71.3 Å². The molecule has 1 amide bonds. The van der Waals surface area contributed by atoms with E-state index in [1.807, 2.05) is 44.2 Å². The van der Waals surface area contributed by atoms with Gasteiger partial charge in [-0.3, -0.25) is 4.79 Å². The summed E-state index contributed by atoms with van der Waals surface area (Å²) in [6.07, 6.45) is 0. The van der Waals surface area contributed by atoms with Gasteiger partial charge >= 0.3 is 0 Å². The van der Waals surface area contributed by atoms with Gasteiger partial charge in [0.25, 0.3) is 0 Å². The molecule has 20 heavy (non-hydrogen) atoms. The fourth-order valence-electron chi connectivity index (χ4n) is 2.07. The molecule has 2 nitrogen and oxygen atoms in total. The van der Waals surface area contributed by atoms with Gasteiger partial charge in [0, 0.05) is 5.92 Å². The van der Waals surface area contributed by atoms with Crippen molar-refractivity contribution < 1.29 is 4.79 Å². The third kappa shape index (κ3) is 3.47. The second-order valence-corrected chi connectivity index (χ2v) is 5.42. The van der Waals surface area contributed by atoms with Crippen LogP contribution in [0, 0.1) is 12.8 Å². The van der Waals surface area contributed by atoms with Gasteiger partial charge < -0.3 is 5.32 Å². The number of carbonyl (C=O) groups excluding carboxylic acids is 1. The number of rotatable bonds is 4. The minimum Gasteiger partial charge on any atom is -0.345 e. The predicted octanol–water partition coefficient (Wildman–Crippen LogP) is 3.86. The zero-order valence-corrected chi connectivity index (χ0v) is 12.3. The molecule has 0 aliphatic heterocycles. The Labute approximate surface area is 120 Å². The van der Waals surface area contributed by atoms with Crippen LogP contribution in [-0.4, -0.2) is 5.91 Å². The Morgan fingerprint density at radius 1 is 0.900 bits per heavy atom. The molecule has 0 saturated carbocycles. The molecule has 2 heteroatoms. The monoisotopic (exact) mass is 267 g/mol. The molecular formula is C18H21NO. The first kappa shape index (κ1) is 14.3. The number of benzene rings is 2. The molecule has 0 fully saturated rings. The van der Waals surface area contributed by atoms with E-state index in [9.17, 15) is 4.79 Å². The van der Waals surface area contributed by atoms with Gasteiger partial charge in [0.2, 0.25) is 5.91 Å². The van der Waals surface area contributed by atoms with Crippen molar-refractivity contribution in [1.29, 1.82) is 0 Å². The van der Waals surface area contributed by atoms with Crippen molar-refractivity contribution in [2.24, 2.45) is 5.92 Å². The lowest BCUT2D eigenvalue weighted by Crippen LogP contribution is -2.32. The minimum absolute atomic E-state index is 0.0216. The first-order chi connectivity index (χ1) is 9.58. The highest BCUT2D eigenvalue weighted by Crippen LogP contribution is 2.22. The predicted molar refractivity (Wildman–Crippen MR) is 82.4 cm³/mol. The quantitative estimate of drug-likeness (QED) is 0.895. The fourth-order valence-corrected chi connectivity index (χ4v) is 2.07. The van der Waals surface area contributed by atoms with Gasteiger partial charge in [-0.2, -0.15) is 0 Å². The third-order valence-electron chi connectivity index (χ3n) is 3.35. The van der Waals surface area contributed by atoms with Gasteiger partial charge in [0.1, 0.15) is 0 Å². The van der Waals surface area contributed by atoms with Gasteiger partial charge in [0.15, 0.2) is 0 Å². The largest absolute Gasteiger partial charge is 0.345 e. The van der Waals surface area contributed by atoms with Crippen LogP contribution in [0.15, 0.2) is 54.6 Å². The average Bonchev–Trinajstić information content (AvgIpc) is 2.46. The molecule has 104 valence electrons. The second-order valence-electron chi connectivity index (χ2n) is 5.42. The van der Waals surface area contributed by atoms with Crippen LogP contribution in [0.2, 0.25) is 0 Å². The summed E-state index contributed by atoms with van der Waals surface area (Å²) in [6, 6.07) is 18.3. The maximum absolute atomic E-state index is 12.1. The summed E-state index contributed by atoms with van der Waals surface area (Å²) in [5.74, 6) is 0.0473. The van der Waals surface area contributed by atoms with Crippen LogP contribution in [0.1, 0.15) is 36.6 Å². The van der Waals surface area contributed by atoms with E-state index in [-0.39, 0.29) is 17.9 Å². The molecule has 1 N–H and O–H groups in total. The molecule has 2 aromatic carbocycles. The first-order valence-electron chi connectivity index (χ1n) is 7.00. The van der Waals surface area contributed by atoms with E-state index < -0.39 is 0 Å². The Kier molecular flexibility index (Phi) is 4.57. The number of nitrogens with one attached hydrogen (secondary N) is 1. The van der Waals surface area contributed by atoms with E-state index in [2.05, 4.69) is 36.5 Å². The maximum Gasteiger partial charge on any atom is 0.223 e. The third-order valence-corrected chi connectivity index (χ3v) is 3.35. The van der Waals surface area contributed by atoms with Crippen molar-refractivity contribution in [3.8, 4) is 0 Å². The van der Waals surface area contributed by atoms with Gasteiger partial charge in [-0.25, -0.2) is 0 Å². The van der Waals surface area contributed by atoms with E-state index in [1.165, 1.54) is 5.56 Å². The molecule has 1 atom stereocenters. The Balaban J connectivity index is 2.34. The highest BCUT2D eigenvalue weighted by Gasteiger charge is 2.18.